The predicted octanol–water partition coefficient (Wildman–Crippen LogP) is 3.29. The predicted molar refractivity (Wildman–Crippen MR) is 97.5 cm³/mol. The second-order valence-corrected chi connectivity index (χ2v) is 6.59. The van der Waals surface area contributed by atoms with E-state index in [1.807, 2.05) is 58.3 Å². The SMILES string of the molecule is CCn1nc(C)cc1C(=O)NC(CCN(C)C)c1ccc(Cl)cc1. The highest BCUT2D eigenvalue weighted by molar-refractivity contribution is 6.30. The van der Waals surface area contributed by atoms with Crippen LogP contribution in [-0.2, 0) is 6.54 Å². The Morgan fingerprint density at radius 3 is 2.58 bits per heavy atom. The van der Waals surface area contributed by atoms with Gasteiger partial charge in [0.15, 0.2) is 0 Å². The van der Waals surface area contributed by atoms with Gasteiger partial charge in [-0.2, -0.15) is 5.10 Å². The van der Waals surface area contributed by atoms with E-state index in [9.17, 15) is 4.79 Å². The maximum absolute atomic E-state index is 12.7. The standard InChI is InChI=1S/C18H25ClN4O/c1-5-23-17(12-13(2)21-23)18(24)20-16(10-11-22(3)4)14-6-8-15(19)9-7-14/h6-9,12,16H,5,10-11H2,1-4H3,(H,20,24). The summed E-state index contributed by atoms with van der Waals surface area (Å²) in [5.41, 5.74) is 2.49. The molecule has 5 nitrogen and oxygen atoms in total. The van der Waals surface area contributed by atoms with Gasteiger partial charge in [0, 0.05) is 11.6 Å². The van der Waals surface area contributed by atoms with Crippen LogP contribution in [-0.4, -0.2) is 41.2 Å². The quantitative estimate of drug-likeness (QED) is 0.835. The summed E-state index contributed by atoms with van der Waals surface area (Å²) in [5, 5.41) is 8.18. The molecule has 1 heterocycles. The average Bonchev–Trinajstić information content (AvgIpc) is 2.93. The minimum absolute atomic E-state index is 0.0716. The Balaban J connectivity index is 2.20. The van der Waals surface area contributed by atoms with Crippen LogP contribution in [0, 0.1) is 6.92 Å². The molecule has 24 heavy (non-hydrogen) atoms. The van der Waals surface area contributed by atoms with Crippen LogP contribution in [0.25, 0.3) is 0 Å². The van der Waals surface area contributed by atoms with Crippen LogP contribution >= 0.6 is 11.6 Å². The molecule has 1 atom stereocenters. The number of hydrogen-bond acceptors (Lipinski definition) is 3. The Hall–Kier alpha value is -1.85. The minimum Gasteiger partial charge on any atom is -0.344 e. The molecule has 1 aromatic carbocycles. The summed E-state index contributed by atoms with van der Waals surface area (Å²) < 4.78 is 1.73. The molecule has 0 saturated heterocycles. The van der Waals surface area contributed by atoms with Crippen molar-refractivity contribution in [1.29, 1.82) is 0 Å². The van der Waals surface area contributed by atoms with Gasteiger partial charge in [-0.25, -0.2) is 0 Å². The van der Waals surface area contributed by atoms with Gasteiger partial charge in [0.05, 0.1) is 11.7 Å². The molecular formula is C18H25ClN4O. The second-order valence-electron chi connectivity index (χ2n) is 6.16. The van der Waals surface area contributed by atoms with Gasteiger partial charge in [-0.05, 0) is 64.7 Å². The number of rotatable bonds is 7. The lowest BCUT2D eigenvalue weighted by atomic mass is 10.0. The van der Waals surface area contributed by atoms with Crippen molar-refractivity contribution < 1.29 is 4.79 Å². The number of hydrogen-bond donors (Lipinski definition) is 1. The third-order valence-corrected chi connectivity index (χ3v) is 4.13. The van der Waals surface area contributed by atoms with Gasteiger partial charge in [-0.15, -0.1) is 0 Å². The first kappa shape index (κ1) is 18.5. The third kappa shape index (κ3) is 4.82. The molecule has 0 aliphatic rings. The van der Waals surface area contributed by atoms with Gasteiger partial charge in [0.25, 0.3) is 5.91 Å². The topological polar surface area (TPSA) is 50.2 Å². The Bertz CT molecular complexity index is 679. The molecule has 1 aromatic heterocycles. The van der Waals surface area contributed by atoms with E-state index in [-0.39, 0.29) is 11.9 Å². The number of amides is 1. The molecule has 0 saturated carbocycles. The van der Waals surface area contributed by atoms with E-state index in [1.54, 1.807) is 4.68 Å². The Morgan fingerprint density at radius 1 is 1.33 bits per heavy atom. The van der Waals surface area contributed by atoms with Crippen molar-refractivity contribution in [2.45, 2.75) is 32.9 Å². The van der Waals surface area contributed by atoms with Gasteiger partial charge in [0.1, 0.15) is 5.69 Å². The van der Waals surface area contributed by atoms with E-state index in [1.165, 1.54) is 0 Å². The molecule has 1 N–H and O–H groups in total. The highest BCUT2D eigenvalue weighted by Crippen LogP contribution is 2.20. The summed E-state index contributed by atoms with van der Waals surface area (Å²) in [7, 11) is 4.05. The Kier molecular flexibility index (Phi) is 6.40. The fourth-order valence-electron chi connectivity index (χ4n) is 2.61. The van der Waals surface area contributed by atoms with Gasteiger partial charge in [-0.3, -0.25) is 9.48 Å². The van der Waals surface area contributed by atoms with Gasteiger partial charge in [-0.1, -0.05) is 23.7 Å². The maximum atomic E-state index is 12.7. The van der Waals surface area contributed by atoms with Crippen molar-refractivity contribution in [1.82, 2.24) is 20.0 Å². The molecule has 0 spiro atoms. The fraction of sp³-hybridized carbons (Fsp3) is 0.444. The summed E-state index contributed by atoms with van der Waals surface area (Å²) in [4.78, 5) is 14.8. The first-order valence-electron chi connectivity index (χ1n) is 8.16. The number of carbonyl (C=O) groups is 1. The van der Waals surface area contributed by atoms with Crippen molar-refractivity contribution in [2.75, 3.05) is 20.6 Å². The largest absolute Gasteiger partial charge is 0.344 e. The van der Waals surface area contributed by atoms with Gasteiger partial charge >= 0.3 is 0 Å². The highest BCUT2D eigenvalue weighted by Gasteiger charge is 2.19. The number of aromatic nitrogens is 2. The smallest absolute Gasteiger partial charge is 0.270 e. The van der Waals surface area contributed by atoms with Crippen LogP contribution in [0.3, 0.4) is 0 Å². The molecule has 0 radical (unpaired) electrons. The molecule has 0 aliphatic heterocycles. The number of nitrogens with zero attached hydrogens (tertiary/aromatic N) is 3. The molecule has 1 unspecified atom stereocenters. The van der Waals surface area contributed by atoms with Crippen LogP contribution in [0.5, 0.6) is 0 Å². The lowest BCUT2D eigenvalue weighted by Crippen LogP contribution is -2.32. The van der Waals surface area contributed by atoms with E-state index in [4.69, 9.17) is 11.6 Å². The summed E-state index contributed by atoms with van der Waals surface area (Å²) >= 11 is 5.98. The third-order valence-electron chi connectivity index (χ3n) is 3.88. The minimum atomic E-state index is -0.101. The van der Waals surface area contributed by atoms with Crippen LogP contribution in [0.15, 0.2) is 30.3 Å². The molecular weight excluding hydrogens is 324 g/mol. The lowest BCUT2D eigenvalue weighted by Gasteiger charge is -2.21. The number of aryl methyl sites for hydroxylation is 2. The molecule has 1 amide bonds. The molecule has 6 heteroatoms. The highest BCUT2D eigenvalue weighted by atomic mass is 35.5. The lowest BCUT2D eigenvalue weighted by molar-refractivity contribution is 0.0922. The zero-order chi connectivity index (χ0) is 17.7. The summed E-state index contributed by atoms with van der Waals surface area (Å²) in [5.74, 6) is -0.101. The number of nitrogens with one attached hydrogen (secondary N) is 1. The van der Waals surface area contributed by atoms with E-state index in [0.717, 1.165) is 24.2 Å². The van der Waals surface area contributed by atoms with Crippen LogP contribution < -0.4 is 5.32 Å². The van der Waals surface area contributed by atoms with Gasteiger partial charge in [0.2, 0.25) is 0 Å². The molecule has 0 fully saturated rings. The van der Waals surface area contributed by atoms with E-state index < -0.39 is 0 Å². The zero-order valence-electron chi connectivity index (χ0n) is 14.7. The van der Waals surface area contributed by atoms with Crippen molar-refractivity contribution in [3.63, 3.8) is 0 Å². The number of halogens is 1. The van der Waals surface area contributed by atoms with E-state index in [2.05, 4.69) is 15.3 Å². The average molecular weight is 349 g/mol. The Labute approximate surface area is 148 Å². The summed E-state index contributed by atoms with van der Waals surface area (Å²) in [6.45, 7) is 5.41. The summed E-state index contributed by atoms with van der Waals surface area (Å²) in [6.07, 6.45) is 0.819. The fourth-order valence-corrected chi connectivity index (χ4v) is 2.73. The van der Waals surface area contributed by atoms with Crippen LogP contribution in [0.4, 0.5) is 0 Å². The zero-order valence-corrected chi connectivity index (χ0v) is 15.5. The maximum Gasteiger partial charge on any atom is 0.270 e. The Morgan fingerprint density at radius 2 is 2.00 bits per heavy atom. The van der Waals surface area contributed by atoms with Crippen LogP contribution in [0.2, 0.25) is 5.02 Å². The molecule has 2 aromatic rings. The van der Waals surface area contributed by atoms with E-state index in [0.29, 0.717) is 17.3 Å². The van der Waals surface area contributed by atoms with E-state index >= 15 is 0 Å². The normalized spacial score (nSPS) is 12.4. The van der Waals surface area contributed by atoms with Crippen molar-refractivity contribution >= 4 is 17.5 Å². The second kappa shape index (κ2) is 8.31. The van der Waals surface area contributed by atoms with Crippen molar-refractivity contribution in [3.8, 4) is 0 Å². The number of carbonyl (C=O) groups excluding carboxylic acids is 1. The van der Waals surface area contributed by atoms with Crippen molar-refractivity contribution in [3.05, 3.63) is 52.3 Å². The van der Waals surface area contributed by atoms with Crippen molar-refractivity contribution in [2.24, 2.45) is 0 Å². The molecule has 0 bridgehead atoms. The summed E-state index contributed by atoms with van der Waals surface area (Å²) in [6, 6.07) is 9.39. The monoisotopic (exact) mass is 348 g/mol. The molecule has 130 valence electrons. The van der Waals surface area contributed by atoms with Crippen LogP contribution in [0.1, 0.15) is 41.1 Å². The first-order chi connectivity index (χ1) is 11.4. The van der Waals surface area contributed by atoms with Gasteiger partial charge < -0.3 is 10.2 Å². The molecule has 0 aliphatic carbocycles. The number of benzene rings is 1. The first-order valence-corrected chi connectivity index (χ1v) is 8.54. The molecule has 2 rings (SSSR count).